The summed E-state index contributed by atoms with van der Waals surface area (Å²) in [6.45, 7) is 6.00. The van der Waals surface area contributed by atoms with E-state index >= 15 is 0 Å². The van der Waals surface area contributed by atoms with Gasteiger partial charge >= 0.3 is 0 Å². The molecule has 0 spiro atoms. The van der Waals surface area contributed by atoms with Gasteiger partial charge in [-0.05, 0) is 41.8 Å². The molecule has 0 saturated heterocycles. The zero-order chi connectivity index (χ0) is 21.8. The number of imidazole rings is 1. The highest BCUT2D eigenvalue weighted by atomic mass is 35.5. The second kappa shape index (κ2) is 9.88. The third-order valence-corrected chi connectivity index (χ3v) is 5.91. The smallest absolute Gasteiger partial charge is 0.221 e. The van der Waals surface area contributed by atoms with Crippen LogP contribution in [0.4, 0.5) is 5.69 Å². The summed E-state index contributed by atoms with van der Waals surface area (Å²) in [4.78, 5) is 16.8. The van der Waals surface area contributed by atoms with Crippen molar-refractivity contribution in [2.24, 2.45) is 0 Å². The third-order valence-electron chi connectivity index (χ3n) is 4.38. The van der Waals surface area contributed by atoms with Crippen molar-refractivity contribution in [2.45, 2.75) is 49.8 Å². The van der Waals surface area contributed by atoms with Crippen LogP contribution in [0, 0.1) is 0 Å². The van der Waals surface area contributed by atoms with Crippen LogP contribution in [0.5, 0.6) is 0 Å². The lowest BCUT2D eigenvalue weighted by atomic mass is 10.1. The van der Waals surface area contributed by atoms with E-state index in [4.69, 9.17) is 28.2 Å². The molecule has 1 heterocycles. The predicted molar refractivity (Wildman–Crippen MR) is 123 cm³/mol. The molecule has 5 nitrogen and oxygen atoms in total. The quantitative estimate of drug-likeness (QED) is 0.453. The first kappa shape index (κ1) is 22.7. The molecule has 0 unspecified atom stereocenters. The highest BCUT2D eigenvalue weighted by molar-refractivity contribution is 7.99. The number of hydrogen-bond donors (Lipinski definition) is 2. The number of nitrogens with one attached hydrogen (secondary N) is 1. The number of halogens is 2. The number of benzene rings is 2. The van der Waals surface area contributed by atoms with Gasteiger partial charge < -0.3 is 15.0 Å². The van der Waals surface area contributed by atoms with E-state index in [9.17, 15) is 9.90 Å². The molecule has 1 amide bonds. The van der Waals surface area contributed by atoms with Crippen molar-refractivity contribution in [1.82, 2.24) is 9.55 Å². The van der Waals surface area contributed by atoms with Gasteiger partial charge in [-0.25, -0.2) is 4.98 Å². The average molecular weight is 464 g/mol. The first-order chi connectivity index (χ1) is 14.3. The molecule has 0 aliphatic rings. The average Bonchev–Trinajstić information content (AvgIpc) is 2.99. The van der Waals surface area contributed by atoms with E-state index in [1.54, 1.807) is 6.07 Å². The molecule has 0 atom stereocenters. The molecule has 3 rings (SSSR count). The van der Waals surface area contributed by atoms with E-state index in [1.807, 2.05) is 41.0 Å². The zero-order valence-electron chi connectivity index (χ0n) is 16.9. The summed E-state index contributed by atoms with van der Waals surface area (Å²) in [5, 5.41) is 14.8. The van der Waals surface area contributed by atoms with Gasteiger partial charge in [0.05, 0.1) is 5.69 Å². The number of aliphatic hydroxyl groups excluding tert-OH is 1. The number of aliphatic hydroxyl groups is 1. The maximum absolute atomic E-state index is 11.2. The number of amides is 1. The van der Waals surface area contributed by atoms with Crippen molar-refractivity contribution in [3.63, 3.8) is 0 Å². The van der Waals surface area contributed by atoms with E-state index in [1.165, 1.54) is 18.7 Å². The minimum absolute atomic E-state index is 0.111. The largest absolute Gasteiger partial charge is 0.388 e. The molecule has 0 saturated carbocycles. The fourth-order valence-corrected chi connectivity index (χ4v) is 4.96. The van der Waals surface area contributed by atoms with Crippen molar-refractivity contribution in [3.8, 4) is 0 Å². The van der Waals surface area contributed by atoms with Crippen molar-refractivity contribution in [1.29, 1.82) is 0 Å². The van der Waals surface area contributed by atoms with Gasteiger partial charge in [-0.15, -0.1) is 0 Å². The summed E-state index contributed by atoms with van der Waals surface area (Å²) < 4.78 is 2.02. The Kier molecular flexibility index (Phi) is 7.47. The molecule has 0 fully saturated rings. The predicted octanol–water partition coefficient (Wildman–Crippen LogP) is 5.96. The Morgan fingerprint density at radius 3 is 2.33 bits per heavy atom. The molecule has 30 heavy (non-hydrogen) atoms. The molecular formula is C22H23Cl2N3O2S. The van der Waals surface area contributed by atoms with E-state index < -0.39 is 0 Å². The Bertz CT molecular complexity index is 1030. The number of rotatable bonds is 7. The summed E-state index contributed by atoms with van der Waals surface area (Å²) in [5.74, 6) is 0.663. The van der Waals surface area contributed by atoms with Gasteiger partial charge in [0, 0.05) is 34.1 Å². The topological polar surface area (TPSA) is 67.2 Å². The van der Waals surface area contributed by atoms with Crippen LogP contribution in [-0.4, -0.2) is 20.6 Å². The lowest BCUT2D eigenvalue weighted by Gasteiger charge is -2.14. The fourth-order valence-electron chi connectivity index (χ4n) is 3.05. The van der Waals surface area contributed by atoms with Gasteiger partial charge in [0.2, 0.25) is 5.91 Å². The minimum atomic E-state index is -0.166. The Hall–Kier alpha value is -1.99. The lowest BCUT2D eigenvalue weighted by molar-refractivity contribution is -0.114. The van der Waals surface area contributed by atoms with E-state index in [0.717, 1.165) is 26.9 Å². The first-order valence-electron chi connectivity index (χ1n) is 9.47. The van der Waals surface area contributed by atoms with Gasteiger partial charge in [0.25, 0.3) is 0 Å². The van der Waals surface area contributed by atoms with Gasteiger partial charge in [0.1, 0.15) is 17.5 Å². The molecule has 2 N–H and O–H groups in total. The van der Waals surface area contributed by atoms with Crippen LogP contribution in [-0.2, 0) is 17.9 Å². The molecule has 0 aliphatic heterocycles. The SMILES string of the molecule is CC(=O)Nc1ccc(Cn2c(CO)nc(C(C)C)c2Sc2cc(Cl)cc(Cl)c2)cc1. The van der Waals surface area contributed by atoms with Gasteiger partial charge in [-0.3, -0.25) is 4.79 Å². The van der Waals surface area contributed by atoms with Crippen molar-refractivity contribution in [2.75, 3.05) is 5.32 Å². The van der Waals surface area contributed by atoms with Crippen LogP contribution < -0.4 is 5.32 Å². The van der Waals surface area contributed by atoms with E-state index in [2.05, 4.69) is 19.2 Å². The normalized spacial score (nSPS) is 11.2. The molecule has 0 radical (unpaired) electrons. The standard InChI is InChI=1S/C22H23Cl2N3O2S/c1-13(2)21-22(30-19-9-16(23)8-17(24)10-19)27(20(12-28)26-21)11-15-4-6-18(7-5-15)25-14(3)29/h4-10,13,28H,11-12H2,1-3H3,(H,25,29). The molecular weight excluding hydrogens is 441 g/mol. The molecule has 0 aliphatic carbocycles. The highest BCUT2D eigenvalue weighted by Crippen LogP contribution is 2.37. The summed E-state index contributed by atoms with van der Waals surface area (Å²) in [7, 11) is 0. The van der Waals surface area contributed by atoms with E-state index in [0.29, 0.717) is 22.4 Å². The van der Waals surface area contributed by atoms with Crippen LogP contribution in [0.3, 0.4) is 0 Å². The molecule has 0 bridgehead atoms. The Balaban J connectivity index is 1.99. The van der Waals surface area contributed by atoms with Crippen LogP contribution in [0.2, 0.25) is 10.0 Å². The molecule has 8 heteroatoms. The third kappa shape index (κ3) is 5.58. The van der Waals surface area contributed by atoms with Crippen LogP contribution in [0.15, 0.2) is 52.4 Å². The number of aromatic nitrogens is 2. The Morgan fingerprint density at radius 2 is 1.80 bits per heavy atom. The van der Waals surface area contributed by atoms with Gasteiger partial charge in [-0.1, -0.05) is 60.9 Å². The number of carbonyl (C=O) groups excluding carboxylic acids is 1. The van der Waals surface area contributed by atoms with Crippen LogP contribution in [0.25, 0.3) is 0 Å². The molecule has 3 aromatic rings. The molecule has 158 valence electrons. The molecule has 1 aromatic heterocycles. The summed E-state index contributed by atoms with van der Waals surface area (Å²) in [6.07, 6.45) is 0. The number of hydrogen-bond acceptors (Lipinski definition) is 4. The fraction of sp³-hybridized carbons (Fsp3) is 0.273. The summed E-state index contributed by atoms with van der Waals surface area (Å²) in [6, 6.07) is 13.0. The van der Waals surface area contributed by atoms with Crippen molar-refractivity contribution < 1.29 is 9.90 Å². The minimum Gasteiger partial charge on any atom is -0.388 e. The number of anilines is 1. The maximum atomic E-state index is 11.2. The zero-order valence-corrected chi connectivity index (χ0v) is 19.3. The maximum Gasteiger partial charge on any atom is 0.221 e. The summed E-state index contributed by atoms with van der Waals surface area (Å²) >= 11 is 13.9. The Morgan fingerprint density at radius 1 is 1.17 bits per heavy atom. The second-order valence-corrected chi connectivity index (χ2v) is 9.14. The van der Waals surface area contributed by atoms with Gasteiger partial charge in [-0.2, -0.15) is 0 Å². The molecule has 2 aromatic carbocycles. The lowest BCUT2D eigenvalue weighted by Crippen LogP contribution is -2.08. The monoisotopic (exact) mass is 463 g/mol. The van der Waals surface area contributed by atoms with E-state index in [-0.39, 0.29) is 18.4 Å². The van der Waals surface area contributed by atoms with Gasteiger partial charge in [0.15, 0.2) is 0 Å². The number of carbonyl (C=O) groups is 1. The number of nitrogens with zero attached hydrogens (tertiary/aromatic N) is 2. The van der Waals surface area contributed by atoms with Crippen molar-refractivity contribution in [3.05, 3.63) is 69.6 Å². The van der Waals surface area contributed by atoms with Crippen LogP contribution >= 0.6 is 35.0 Å². The highest BCUT2D eigenvalue weighted by Gasteiger charge is 2.20. The first-order valence-corrected chi connectivity index (χ1v) is 11.0. The summed E-state index contributed by atoms with van der Waals surface area (Å²) in [5.41, 5.74) is 2.68. The Labute approximate surface area is 190 Å². The van der Waals surface area contributed by atoms with Crippen LogP contribution in [0.1, 0.15) is 43.8 Å². The van der Waals surface area contributed by atoms with Crippen molar-refractivity contribution >= 4 is 46.6 Å². The second-order valence-electron chi connectivity index (χ2n) is 7.20.